The number of hydrogen-bond donors (Lipinski definition) is 1. The van der Waals surface area contributed by atoms with Crippen molar-refractivity contribution in [3.05, 3.63) is 36.0 Å². The third-order valence-electron chi connectivity index (χ3n) is 5.37. The average Bonchev–Trinajstić information content (AvgIpc) is 3.10. The Hall–Kier alpha value is -1.90. The Bertz CT molecular complexity index is 709. The molecule has 21 heavy (non-hydrogen) atoms. The van der Waals surface area contributed by atoms with Crippen molar-refractivity contribution in [2.24, 2.45) is 17.8 Å². The van der Waals surface area contributed by atoms with Crippen LogP contribution in [0.3, 0.4) is 0 Å². The first-order valence-corrected chi connectivity index (χ1v) is 7.89. The summed E-state index contributed by atoms with van der Waals surface area (Å²) < 4.78 is 0. The smallest absolute Gasteiger partial charge is 0.181 e. The average molecular weight is 280 g/mol. The van der Waals surface area contributed by atoms with Crippen molar-refractivity contribution in [3.8, 4) is 0 Å². The molecule has 0 aliphatic heterocycles. The normalized spacial score (nSPS) is 27.3. The van der Waals surface area contributed by atoms with Gasteiger partial charge in [0.1, 0.15) is 5.69 Å². The van der Waals surface area contributed by atoms with Crippen LogP contribution in [0, 0.1) is 17.8 Å². The molecule has 2 aliphatic carbocycles. The van der Waals surface area contributed by atoms with Crippen LogP contribution in [0.2, 0.25) is 0 Å². The van der Waals surface area contributed by atoms with Gasteiger partial charge in [-0.3, -0.25) is 4.79 Å². The van der Waals surface area contributed by atoms with E-state index in [4.69, 9.17) is 5.73 Å². The summed E-state index contributed by atoms with van der Waals surface area (Å²) in [5.74, 6) is 2.38. The van der Waals surface area contributed by atoms with Crippen LogP contribution < -0.4 is 5.73 Å². The first-order valence-electron chi connectivity index (χ1n) is 7.89. The second-order valence-corrected chi connectivity index (χ2v) is 6.68. The Morgan fingerprint density at radius 3 is 2.86 bits per heavy atom. The van der Waals surface area contributed by atoms with E-state index in [1.54, 1.807) is 6.07 Å². The first-order chi connectivity index (χ1) is 10.2. The number of nitrogens with zero attached hydrogens (tertiary/aromatic N) is 1. The quantitative estimate of drug-likeness (QED) is 0.869. The van der Waals surface area contributed by atoms with Crippen LogP contribution in [-0.2, 0) is 0 Å². The van der Waals surface area contributed by atoms with Gasteiger partial charge in [0.15, 0.2) is 5.78 Å². The number of Topliss-reactive ketones (excluding diaryl/α,β-unsaturated/α-hetero) is 1. The fourth-order valence-corrected chi connectivity index (χ4v) is 4.31. The molecule has 2 aromatic rings. The first kappa shape index (κ1) is 12.8. The van der Waals surface area contributed by atoms with E-state index in [-0.39, 0.29) is 5.78 Å². The van der Waals surface area contributed by atoms with Gasteiger partial charge < -0.3 is 5.73 Å². The van der Waals surface area contributed by atoms with Gasteiger partial charge in [0.05, 0.1) is 5.52 Å². The zero-order chi connectivity index (χ0) is 14.4. The molecule has 3 unspecified atom stereocenters. The summed E-state index contributed by atoms with van der Waals surface area (Å²) in [6.45, 7) is 0. The Balaban J connectivity index is 1.59. The van der Waals surface area contributed by atoms with Crippen molar-refractivity contribution in [2.45, 2.75) is 32.1 Å². The molecule has 1 heterocycles. The molecule has 0 spiro atoms. The number of aromatic nitrogens is 1. The summed E-state index contributed by atoms with van der Waals surface area (Å²) >= 11 is 0. The molecule has 3 atom stereocenters. The van der Waals surface area contributed by atoms with E-state index in [1.165, 1.54) is 25.7 Å². The highest BCUT2D eigenvalue weighted by atomic mass is 16.1. The van der Waals surface area contributed by atoms with Gasteiger partial charge in [0, 0.05) is 17.5 Å². The van der Waals surface area contributed by atoms with Crippen LogP contribution in [0.4, 0.5) is 5.69 Å². The molecule has 0 amide bonds. The molecule has 2 fully saturated rings. The number of ketones is 1. The maximum absolute atomic E-state index is 12.6. The number of pyridine rings is 1. The van der Waals surface area contributed by atoms with E-state index in [9.17, 15) is 4.79 Å². The molecule has 0 saturated heterocycles. The standard InChI is InChI=1S/C18H20N2O/c19-15-10-17(20-16-4-2-1-3-14(15)16)18(21)9-13-8-11-5-6-12(13)7-11/h1-4,10-13H,5-9H2,(H2,19,20). The summed E-state index contributed by atoms with van der Waals surface area (Å²) in [4.78, 5) is 17.1. The van der Waals surface area contributed by atoms with Crippen LogP contribution in [0.5, 0.6) is 0 Å². The summed E-state index contributed by atoms with van der Waals surface area (Å²) in [5.41, 5.74) is 8.07. The second kappa shape index (κ2) is 4.83. The van der Waals surface area contributed by atoms with Crippen LogP contribution in [-0.4, -0.2) is 10.8 Å². The number of carbonyl (C=O) groups is 1. The highest BCUT2D eigenvalue weighted by Gasteiger charge is 2.40. The third kappa shape index (κ3) is 2.21. The van der Waals surface area contributed by atoms with Crippen molar-refractivity contribution in [1.82, 2.24) is 4.98 Å². The molecule has 1 aromatic heterocycles. The van der Waals surface area contributed by atoms with Crippen LogP contribution in [0.25, 0.3) is 10.9 Å². The van der Waals surface area contributed by atoms with Gasteiger partial charge in [0.25, 0.3) is 0 Å². The second-order valence-electron chi connectivity index (χ2n) is 6.68. The number of carbonyl (C=O) groups excluding carboxylic acids is 1. The van der Waals surface area contributed by atoms with Gasteiger partial charge in [-0.05, 0) is 49.1 Å². The van der Waals surface area contributed by atoms with E-state index in [2.05, 4.69) is 4.98 Å². The fraction of sp³-hybridized carbons (Fsp3) is 0.444. The molecular formula is C18H20N2O. The SMILES string of the molecule is Nc1cc(C(=O)CC2CC3CCC2C3)nc2ccccc12. The van der Waals surface area contributed by atoms with Gasteiger partial charge in [-0.2, -0.15) is 0 Å². The van der Waals surface area contributed by atoms with Gasteiger partial charge in [-0.25, -0.2) is 4.98 Å². The van der Waals surface area contributed by atoms with Gasteiger partial charge in [-0.15, -0.1) is 0 Å². The Kier molecular flexibility index (Phi) is 2.95. The lowest BCUT2D eigenvalue weighted by Gasteiger charge is -2.20. The van der Waals surface area contributed by atoms with Crippen LogP contribution in [0.15, 0.2) is 30.3 Å². The Labute approximate surface area is 124 Å². The van der Waals surface area contributed by atoms with E-state index < -0.39 is 0 Å². The van der Waals surface area contributed by atoms with Crippen LogP contribution >= 0.6 is 0 Å². The Morgan fingerprint density at radius 2 is 2.10 bits per heavy atom. The summed E-state index contributed by atoms with van der Waals surface area (Å²) in [6, 6.07) is 9.48. The maximum Gasteiger partial charge on any atom is 0.181 e. The number of nitrogens with two attached hydrogens (primary N) is 1. The highest BCUT2D eigenvalue weighted by Crippen LogP contribution is 2.49. The topological polar surface area (TPSA) is 56.0 Å². The summed E-state index contributed by atoms with van der Waals surface area (Å²) in [5, 5.41) is 0.925. The zero-order valence-corrected chi connectivity index (χ0v) is 12.1. The lowest BCUT2D eigenvalue weighted by atomic mass is 9.84. The summed E-state index contributed by atoms with van der Waals surface area (Å²) in [6.07, 6.45) is 5.91. The molecule has 2 aliphatic rings. The third-order valence-corrected chi connectivity index (χ3v) is 5.37. The Morgan fingerprint density at radius 1 is 1.24 bits per heavy atom. The van der Waals surface area contributed by atoms with Gasteiger partial charge in [0.2, 0.25) is 0 Å². The van der Waals surface area contributed by atoms with Gasteiger partial charge >= 0.3 is 0 Å². The monoisotopic (exact) mass is 280 g/mol. The minimum Gasteiger partial charge on any atom is -0.398 e. The van der Waals surface area contributed by atoms with Crippen molar-refractivity contribution in [1.29, 1.82) is 0 Å². The molecular weight excluding hydrogens is 260 g/mol. The van der Waals surface area contributed by atoms with Crippen LogP contribution in [0.1, 0.15) is 42.6 Å². The van der Waals surface area contributed by atoms with E-state index >= 15 is 0 Å². The zero-order valence-electron chi connectivity index (χ0n) is 12.1. The van der Waals surface area contributed by atoms with E-state index in [0.717, 1.165) is 22.7 Å². The lowest BCUT2D eigenvalue weighted by Crippen LogP contribution is -2.16. The number of hydrogen-bond acceptors (Lipinski definition) is 3. The number of anilines is 1. The minimum absolute atomic E-state index is 0.157. The number of fused-ring (bicyclic) bond motifs is 3. The van der Waals surface area contributed by atoms with E-state index in [1.807, 2.05) is 24.3 Å². The van der Waals surface area contributed by atoms with E-state index in [0.29, 0.717) is 23.7 Å². The predicted octanol–water partition coefficient (Wildman–Crippen LogP) is 3.83. The molecule has 2 bridgehead atoms. The maximum atomic E-state index is 12.6. The molecule has 108 valence electrons. The predicted molar refractivity (Wildman–Crippen MR) is 84.0 cm³/mol. The number of para-hydroxylation sites is 1. The van der Waals surface area contributed by atoms with Crippen molar-refractivity contribution < 1.29 is 4.79 Å². The highest BCUT2D eigenvalue weighted by molar-refractivity contribution is 6.00. The molecule has 2 N–H and O–H groups in total. The molecule has 3 heteroatoms. The largest absolute Gasteiger partial charge is 0.398 e. The van der Waals surface area contributed by atoms with Gasteiger partial charge in [-0.1, -0.05) is 24.6 Å². The van der Waals surface area contributed by atoms with Crippen molar-refractivity contribution in [2.75, 3.05) is 5.73 Å². The minimum atomic E-state index is 0.157. The number of rotatable bonds is 3. The molecule has 0 radical (unpaired) electrons. The molecule has 4 rings (SSSR count). The molecule has 3 nitrogen and oxygen atoms in total. The number of benzene rings is 1. The number of nitrogen functional groups attached to an aromatic ring is 1. The summed E-state index contributed by atoms with van der Waals surface area (Å²) in [7, 11) is 0. The lowest BCUT2D eigenvalue weighted by molar-refractivity contribution is 0.0940. The molecule has 2 saturated carbocycles. The molecule has 1 aromatic carbocycles. The van der Waals surface area contributed by atoms with Crippen molar-refractivity contribution in [3.63, 3.8) is 0 Å². The fourth-order valence-electron chi connectivity index (χ4n) is 4.31. The van der Waals surface area contributed by atoms with Crippen molar-refractivity contribution >= 4 is 22.4 Å².